The third-order valence-corrected chi connectivity index (χ3v) is 5.28. The molecule has 27 heavy (non-hydrogen) atoms. The van der Waals surface area contributed by atoms with Crippen molar-refractivity contribution in [2.75, 3.05) is 26.2 Å². The van der Waals surface area contributed by atoms with E-state index in [-0.39, 0.29) is 5.69 Å². The third-order valence-electron chi connectivity index (χ3n) is 4.94. The largest absolute Gasteiger partial charge is 0.328 e. The van der Waals surface area contributed by atoms with Crippen LogP contribution in [0.4, 0.5) is 5.69 Å². The molecule has 1 aliphatic heterocycles. The second kappa shape index (κ2) is 8.50. The minimum atomic E-state index is -0.428. The first-order chi connectivity index (χ1) is 12.9. The molecule has 1 saturated heterocycles. The zero-order valence-corrected chi connectivity index (χ0v) is 16.4. The van der Waals surface area contributed by atoms with Crippen molar-refractivity contribution in [3.63, 3.8) is 0 Å². The van der Waals surface area contributed by atoms with Gasteiger partial charge in [-0.3, -0.25) is 15.1 Å². The second-order valence-corrected chi connectivity index (χ2v) is 7.43. The predicted molar refractivity (Wildman–Crippen MR) is 108 cm³/mol. The highest BCUT2D eigenvalue weighted by atomic mass is 35.5. The van der Waals surface area contributed by atoms with Crippen molar-refractivity contribution in [2.45, 2.75) is 20.4 Å². The number of piperazine rings is 1. The molecule has 3 rings (SSSR count). The number of rotatable bonds is 5. The fraction of sp³-hybridized carbons (Fsp3) is 0.350. The molecular weight excluding hydrogens is 364 g/mol. The minimum Gasteiger partial charge on any atom is -0.328 e. The molecule has 0 atom stereocenters. The highest BCUT2D eigenvalue weighted by Gasteiger charge is 2.19. The van der Waals surface area contributed by atoms with Gasteiger partial charge in [0, 0.05) is 28.3 Å². The Kier molecular flexibility index (Phi) is 6.08. The van der Waals surface area contributed by atoms with Gasteiger partial charge in [-0.15, -0.1) is 0 Å². The maximum atomic E-state index is 10.9. The normalized spacial score (nSPS) is 15.4. The monoisotopic (exact) mass is 387 g/mol. The molecule has 1 N–H and O–H groups in total. The lowest BCUT2D eigenvalue weighted by Gasteiger charge is -2.30. The first-order valence-corrected chi connectivity index (χ1v) is 9.43. The SMILES string of the molecule is Cc1ccc(C[NH+]2CCN(/N=C\c3cc([N+](=O)[O-])ccc3Cl)CC2)c(C)c1. The van der Waals surface area contributed by atoms with E-state index >= 15 is 0 Å². The molecule has 6 nitrogen and oxygen atoms in total. The van der Waals surface area contributed by atoms with Crippen molar-refractivity contribution < 1.29 is 9.82 Å². The molecule has 0 aromatic heterocycles. The summed E-state index contributed by atoms with van der Waals surface area (Å²) in [4.78, 5) is 12.0. The Morgan fingerprint density at radius 3 is 2.63 bits per heavy atom. The quantitative estimate of drug-likeness (QED) is 0.487. The summed E-state index contributed by atoms with van der Waals surface area (Å²) in [6.45, 7) is 9.03. The topological polar surface area (TPSA) is 63.2 Å². The van der Waals surface area contributed by atoms with Crippen LogP contribution >= 0.6 is 11.6 Å². The van der Waals surface area contributed by atoms with Gasteiger partial charge in [0.2, 0.25) is 0 Å². The molecule has 0 aliphatic carbocycles. The van der Waals surface area contributed by atoms with Gasteiger partial charge in [-0.2, -0.15) is 5.10 Å². The van der Waals surface area contributed by atoms with Crippen molar-refractivity contribution in [2.24, 2.45) is 5.10 Å². The van der Waals surface area contributed by atoms with Gasteiger partial charge in [0.05, 0.1) is 37.3 Å². The Morgan fingerprint density at radius 1 is 1.22 bits per heavy atom. The van der Waals surface area contributed by atoms with Crippen LogP contribution in [-0.4, -0.2) is 42.3 Å². The van der Waals surface area contributed by atoms with Crippen LogP contribution in [0.3, 0.4) is 0 Å². The number of benzene rings is 2. The van der Waals surface area contributed by atoms with E-state index in [4.69, 9.17) is 11.6 Å². The summed E-state index contributed by atoms with van der Waals surface area (Å²) in [5.74, 6) is 0. The summed E-state index contributed by atoms with van der Waals surface area (Å²) in [6.07, 6.45) is 1.62. The maximum absolute atomic E-state index is 10.9. The molecular formula is C20H24ClN4O2+. The highest BCUT2D eigenvalue weighted by Crippen LogP contribution is 2.20. The van der Waals surface area contributed by atoms with E-state index in [1.165, 1.54) is 34.9 Å². The lowest BCUT2D eigenvalue weighted by molar-refractivity contribution is -0.918. The number of nitro groups is 1. The van der Waals surface area contributed by atoms with Gasteiger partial charge in [-0.1, -0.05) is 35.4 Å². The summed E-state index contributed by atoms with van der Waals surface area (Å²) in [5.41, 5.74) is 4.63. The van der Waals surface area contributed by atoms with Gasteiger partial charge in [-0.25, -0.2) is 0 Å². The Bertz CT molecular complexity index is 861. The molecule has 0 saturated carbocycles. The Balaban J connectivity index is 1.57. The van der Waals surface area contributed by atoms with E-state index in [9.17, 15) is 10.1 Å². The average Bonchev–Trinajstić information content (AvgIpc) is 2.64. The molecule has 2 aromatic carbocycles. The van der Waals surface area contributed by atoms with Gasteiger partial charge in [0.15, 0.2) is 0 Å². The van der Waals surface area contributed by atoms with Crippen LogP contribution in [-0.2, 0) is 6.54 Å². The third kappa shape index (κ3) is 5.05. The molecule has 0 amide bonds. The van der Waals surface area contributed by atoms with Gasteiger partial charge < -0.3 is 4.90 Å². The van der Waals surface area contributed by atoms with E-state index in [0.717, 1.165) is 32.7 Å². The molecule has 7 heteroatoms. The molecule has 1 heterocycles. The number of nitro benzene ring substituents is 1. The lowest BCUT2D eigenvalue weighted by Crippen LogP contribution is -3.13. The van der Waals surface area contributed by atoms with Crippen LogP contribution in [0.2, 0.25) is 5.02 Å². The first kappa shape index (κ1) is 19.3. The van der Waals surface area contributed by atoms with Crippen molar-refractivity contribution in [1.29, 1.82) is 0 Å². The Labute approximate surface area is 164 Å². The van der Waals surface area contributed by atoms with Crippen molar-refractivity contribution in [3.8, 4) is 0 Å². The number of nitrogens with zero attached hydrogens (tertiary/aromatic N) is 3. The van der Waals surface area contributed by atoms with E-state index < -0.39 is 4.92 Å². The number of halogens is 1. The van der Waals surface area contributed by atoms with Gasteiger partial charge in [-0.05, 0) is 25.5 Å². The Hall–Kier alpha value is -2.44. The predicted octanol–water partition coefficient (Wildman–Crippen LogP) is 2.60. The number of nitrogens with one attached hydrogen (secondary N) is 1. The summed E-state index contributed by atoms with van der Waals surface area (Å²) in [7, 11) is 0. The lowest BCUT2D eigenvalue weighted by atomic mass is 10.1. The summed E-state index contributed by atoms with van der Waals surface area (Å²) in [6, 6.07) is 11.0. The van der Waals surface area contributed by atoms with Crippen molar-refractivity contribution >= 4 is 23.5 Å². The van der Waals surface area contributed by atoms with Gasteiger partial charge >= 0.3 is 0 Å². The summed E-state index contributed by atoms with van der Waals surface area (Å²) < 4.78 is 0. The number of hydrazone groups is 1. The number of aryl methyl sites for hydroxylation is 2. The molecule has 0 spiro atoms. The zero-order chi connectivity index (χ0) is 19.4. The van der Waals surface area contributed by atoms with Crippen LogP contribution in [0.5, 0.6) is 0 Å². The molecule has 1 fully saturated rings. The van der Waals surface area contributed by atoms with Crippen molar-refractivity contribution in [3.05, 3.63) is 73.8 Å². The first-order valence-electron chi connectivity index (χ1n) is 9.05. The van der Waals surface area contributed by atoms with E-state index in [0.29, 0.717) is 10.6 Å². The number of hydrogen-bond donors (Lipinski definition) is 1. The standard InChI is InChI=1S/C20H23ClN4O2/c1-15-3-4-17(16(2)11-15)14-23-7-9-24(10-8-23)22-13-18-12-19(25(26)27)5-6-20(18)21/h3-6,11-13H,7-10,14H2,1-2H3/p+1/b22-13-. The fourth-order valence-corrected chi connectivity index (χ4v) is 3.47. The fourth-order valence-electron chi connectivity index (χ4n) is 3.30. The summed E-state index contributed by atoms with van der Waals surface area (Å²) in [5, 5.41) is 17.8. The number of non-ortho nitro benzene ring substituents is 1. The molecule has 0 radical (unpaired) electrons. The molecule has 142 valence electrons. The smallest absolute Gasteiger partial charge is 0.270 e. The van der Waals surface area contributed by atoms with E-state index in [1.54, 1.807) is 11.1 Å². The molecule has 1 aliphatic rings. The van der Waals surface area contributed by atoms with E-state index in [1.807, 2.05) is 5.01 Å². The minimum absolute atomic E-state index is 0.0172. The number of hydrogen-bond acceptors (Lipinski definition) is 4. The molecule has 0 bridgehead atoms. The van der Waals surface area contributed by atoms with E-state index in [2.05, 4.69) is 37.1 Å². The second-order valence-electron chi connectivity index (χ2n) is 7.02. The molecule has 2 aromatic rings. The van der Waals surface area contributed by atoms with Crippen LogP contribution in [0.25, 0.3) is 0 Å². The Morgan fingerprint density at radius 2 is 1.96 bits per heavy atom. The van der Waals surface area contributed by atoms with Gasteiger partial charge in [0.25, 0.3) is 5.69 Å². The maximum Gasteiger partial charge on any atom is 0.270 e. The summed E-state index contributed by atoms with van der Waals surface area (Å²) >= 11 is 6.12. The van der Waals surface area contributed by atoms with Crippen LogP contribution in [0.1, 0.15) is 22.3 Å². The highest BCUT2D eigenvalue weighted by molar-refractivity contribution is 6.33. The van der Waals surface area contributed by atoms with Gasteiger partial charge in [0.1, 0.15) is 6.54 Å². The van der Waals surface area contributed by atoms with Crippen LogP contribution in [0, 0.1) is 24.0 Å². The van der Waals surface area contributed by atoms with Crippen molar-refractivity contribution in [1.82, 2.24) is 5.01 Å². The van der Waals surface area contributed by atoms with Crippen LogP contribution in [0.15, 0.2) is 41.5 Å². The average molecular weight is 388 g/mol. The van der Waals surface area contributed by atoms with Crippen LogP contribution < -0.4 is 4.90 Å². The zero-order valence-electron chi connectivity index (χ0n) is 15.6. The molecule has 0 unspecified atom stereocenters. The number of quaternary nitrogens is 1.